The Kier molecular flexibility index (Phi) is 5.04. The summed E-state index contributed by atoms with van der Waals surface area (Å²) in [7, 11) is 0. The third-order valence-electron chi connectivity index (χ3n) is 5.73. The zero-order valence-electron chi connectivity index (χ0n) is 17.2. The predicted octanol–water partition coefficient (Wildman–Crippen LogP) is 2.74. The summed E-state index contributed by atoms with van der Waals surface area (Å²) < 4.78 is 5.92. The second kappa shape index (κ2) is 7.52. The van der Waals surface area contributed by atoms with Crippen LogP contribution in [-0.4, -0.2) is 53.4 Å². The van der Waals surface area contributed by atoms with Crippen molar-refractivity contribution >= 4 is 17.5 Å². The largest absolute Gasteiger partial charge is 0.466 e. The third kappa shape index (κ3) is 3.85. The molecular formula is C23H27N3O3. The topological polar surface area (TPSA) is 61.9 Å². The average Bonchev–Trinajstić information content (AvgIpc) is 2.71. The molecule has 6 heteroatoms. The number of anilines is 1. The highest BCUT2D eigenvalue weighted by atomic mass is 16.5. The minimum Gasteiger partial charge on any atom is -0.466 e. The van der Waals surface area contributed by atoms with Gasteiger partial charge in [0.05, 0.1) is 5.69 Å². The fourth-order valence-electron chi connectivity index (χ4n) is 3.84. The van der Waals surface area contributed by atoms with Crippen LogP contribution in [0.2, 0.25) is 0 Å². The van der Waals surface area contributed by atoms with Gasteiger partial charge in [-0.15, -0.1) is 0 Å². The van der Waals surface area contributed by atoms with Gasteiger partial charge in [-0.3, -0.25) is 14.5 Å². The number of carbonyl (C=O) groups excluding carboxylic acids is 2. The van der Waals surface area contributed by atoms with E-state index in [2.05, 4.69) is 41.4 Å². The van der Waals surface area contributed by atoms with E-state index in [1.165, 1.54) is 11.1 Å². The molecule has 152 valence electrons. The molecule has 4 rings (SSSR count). The monoisotopic (exact) mass is 393 g/mol. The predicted molar refractivity (Wildman–Crippen MR) is 112 cm³/mol. The van der Waals surface area contributed by atoms with Crippen LogP contribution in [0.3, 0.4) is 0 Å². The fraction of sp³-hybridized carbons (Fsp3) is 0.391. The van der Waals surface area contributed by atoms with Crippen LogP contribution in [-0.2, 0) is 16.1 Å². The van der Waals surface area contributed by atoms with Gasteiger partial charge in [-0.05, 0) is 44.0 Å². The van der Waals surface area contributed by atoms with Gasteiger partial charge < -0.3 is 15.0 Å². The normalized spacial score (nSPS) is 21.9. The quantitative estimate of drug-likeness (QED) is 0.815. The molecule has 29 heavy (non-hydrogen) atoms. The van der Waals surface area contributed by atoms with E-state index in [-0.39, 0.29) is 5.91 Å². The molecule has 1 fully saturated rings. The summed E-state index contributed by atoms with van der Waals surface area (Å²) in [4.78, 5) is 30.0. The highest BCUT2D eigenvalue weighted by Gasteiger charge is 2.49. The third-order valence-corrected chi connectivity index (χ3v) is 5.73. The van der Waals surface area contributed by atoms with Crippen LogP contribution in [0, 0.1) is 13.8 Å². The van der Waals surface area contributed by atoms with Crippen LogP contribution in [0.1, 0.15) is 23.6 Å². The molecule has 0 aliphatic carbocycles. The van der Waals surface area contributed by atoms with E-state index >= 15 is 0 Å². The molecule has 0 aromatic heterocycles. The number of hydrogen-bond acceptors (Lipinski definition) is 4. The smallest absolute Gasteiger partial charge is 0.278 e. The van der Waals surface area contributed by atoms with Crippen molar-refractivity contribution in [3.05, 3.63) is 59.2 Å². The first-order chi connectivity index (χ1) is 13.8. The van der Waals surface area contributed by atoms with E-state index in [0.717, 1.165) is 25.2 Å². The van der Waals surface area contributed by atoms with E-state index in [4.69, 9.17) is 4.74 Å². The van der Waals surface area contributed by atoms with Crippen molar-refractivity contribution in [1.29, 1.82) is 0 Å². The molecule has 0 radical (unpaired) electrons. The molecule has 2 aromatic carbocycles. The summed E-state index contributed by atoms with van der Waals surface area (Å²) in [5.74, 6) is -0.164. The first-order valence-corrected chi connectivity index (χ1v) is 10.0. The van der Waals surface area contributed by atoms with E-state index in [0.29, 0.717) is 24.5 Å². The lowest BCUT2D eigenvalue weighted by atomic mass is 9.99. The van der Waals surface area contributed by atoms with Crippen molar-refractivity contribution in [3.63, 3.8) is 0 Å². The molecule has 2 heterocycles. The molecular weight excluding hydrogens is 366 g/mol. The van der Waals surface area contributed by atoms with Gasteiger partial charge >= 0.3 is 0 Å². The molecule has 2 aliphatic rings. The zero-order valence-corrected chi connectivity index (χ0v) is 17.2. The number of amides is 2. The van der Waals surface area contributed by atoms with Gasteiger partial charge in [0.2, 0.25) is 0 Å². The summed E-state index contributed by atoms with van der Waals surface area (Å²) in [6, 6.07) is 14.1. The lowest BCUT2D eigenvalue weighted by Crippen LogP contribution is -2.62. The Balaban J connectivity index is 1.40. The molecule has 0 saturated carbocycles. The summed E-state index contributed by atoms with van der Waals surface area (Å²) in [6.45, 7) is 9.16. The molecule has 0 spiro atoms. The number of aryl methyl sites for hydroxylation is 2. The second-order valence-corrected chi connectivity index (χ2v) is 8.14. The number of benzene rings is 2. The van der Waals surface area contributed by atoms with Crippen LogP contribution >= 0.6 is 0 Å². The van der Waals surface area contributed by atoms with Gasteiger partial charge in [-0.25, -0.2) is 0 Å². The molecule has 2 aromatic rings. The number of hydrogen-bond donors (Lipinski definition) is 1. The summed E-state index contributed by atoms with van der Waals surface area (Å²) in [5, 5.41) is 2.84. The van der Waals surface area contributed by atoms with Crippen LogP contribution in [0.5, 0.6) is 5.75 Å². The summed E-state index contributed by atoms with van der Waals surface area (Å²) in [5.41, 5.74) is 2.61. The Morgan fingerprint density at radius 1 is 1.03 bits per heavy atom. The Morgan fingerprint density at radius 3 is 2.38 bits per heavy atom. The van der Waals surface area contributed by atoms with Gasteiger partial charge in [0.25, 0.3) is 17.4 Å². The molecule has 1 unspecified atom stereocenters. The number of carbonyl (C=O) groups is 2. The molecule has 6 nitrogen and oxygen atoms in total. The maximum Gasteiger partial charge on any atom is 0.278 e. The van der Waals surface area contributed by atoms with Gasteiger partial charge in [-0.1, -0.05) is 35.9 Å². The number of ether oxygens (including phenoxy) is 1. The van der Waals surface area contributed by atoms with E-state index in [9.17, 15) is 9.59 Å². The van der Waals surface area contributed by atoms with Crippen LogP contribution in [0.25, 0.3) is 0 Å². The highest BCUT2D eigenvalue weighted by Crippen LogP contribution is 2.35. The second-order valence-electron chi connectivity index (χ2n) is 8.14. The maximum atomic E-state index is 13.2. The van der Waals surface area contributed by atoms with Crippen molar-refractivity contribution in [1.82, 2.24) is 9.80 Å². The Morgan fingerprint density at radius 2 is 1.69 bits per heavy atom. The first kappa shape index (κ1) is 19.5. The van der Waals surface area contributed by atoms with Gasteiger partial charge in [-0.2, -0.15) is 0 Å². The van der Waals surface area contributed by atoms with Crippen LogP contribution in [0.15, 0.2) is 42.5 Å². The van der Waals surface area contributed by atoms with Crippen molar-refractivity contribution in [2.45, 2.75) is 32.9 Å². The number of piperazine rings is 1. The molecule has 1 N–H and O–H groups in total. The average molecular weight is 393 g/mol. The van der Waals surface area contributed by atoms with Crippen molar-refractivity contribution in [3.8, 4) is 5.75 Å². The molecule has 1 saturated heterocycles. The molecule has 0 bridgehead atoms. The first-order valence-electron chi connectivity index (χ1n) is 10.0. The van der Waals surface area contributed by atoms with E-state index < -0.39 is 11.5 Å². The number of fused-ring (bicyclic) bond motifs is 1. The van der Waals surface area contributed by atoms with Crippen LogP contribution < -0.4 is 10.1 Å². The Labute approximate surface area is 171 Å². The van der Waals surface area contributed by atoms with Crippen molar-refractivity contribution in [2.24, 2.45) is 0 Å². The van der Waals surface area contributed by atoms with E-state index in [1.807, 2.05) is 19.1 Å². The zero-order chi connectivity index (χ0) is 20.6. The fourth-order valence-corrected chi connectivity index (χ4v) is 3.84. The van der Waals surface area contributed by atoms with Crippen LogP contribution in [0.4, 0.5) is 5.69 Å². The minimum atomic E-state index is -1.54. The summed E-state index contributed by atoms with van der Waals surface area (Å²) >= 11 is 0. The number of nitrogens with zero attached hydrogens (tertiary/aromatic N) is 2. The maximum absolute atomic E-state index is 13.2. The SMILES string of the molecule is Cc1ccc(CN2CCN(C(=O)C3(C)Oc4ccc(C)cc4NC3=O)CC2)cc1. The summed E-state index contributed by atoms with van der Waals surface area (Å²) in [6.07, 6.45) is 0. The van der Waals surface area contributed by atoms with Gasteiger partial charge in [0.15, 0.2) is 0 Å². The lowest BCUT2D eigenvalue weighted by Gasteiger charge is -2.40. The molecule has 2 aliphatic heterocycles. The Hall–Kier alpha value is -2.86. The number of nitrogens with one attached hydrogen (secondary N) is 1. The Bertz CT molecular complexity index is 933. The molecule has 2 amide bonds. The molecule has 1 atom stereocenters. The van der Waals surface area contributed by atoms with Crippen molar-refractivity contribution in [2.75, 3.05) is 31.5 Å². The highest BCUT2D eigenvalue weighted by molar-refractivity contribution is 6.15. The van der Waals surface area contributed by atoms with Gasteiger partial charge in [0.1, 0.15) is 5.75 Å². The van der Waals surface area contributed by atoms with Gasteiger partial charge in [0, 0.05) is 32.7 Å². The minimum absolute atomic E-state index is 0.281. The standard InChI is InChI=1S/C23H27N3O3/c1-16-4-7-18(8-5-16)15-25-10-12-26(13-11-25)22(28)23(3)21(27)24-19-14-17(2)6-9-20(19)29-23/h4-9,14H,10-13,15H2,1-3H3,(H,24,27). The lowest BCUT2D eigenvalue weighted by molar-refractivity contribution is -0.155. The van der Waals surface area contributed by atoms with E-state index in [1.54, 1.807) is 17.9 Å². The van der Waals surface area contributed by atoms with Crippen molar-refractivity contribution < 1.29 is 14.3 Å². The number of rotatable bonds is 3.